The molecule has 1 N–H and O–H groups in total. The predicted molar refractivity (Wildman–Crippen MR) is 116 cm³/mol. The average molecular weight is 415 g/mol. The number of benzene rings is 1. The first-order chi connectivity index (χ1) is 14.2. The quantitative estimate of drug-likeness (QED) is 0.804. The summed E-state index contributed by atoms with van der Waals surface area (Å²) < 4.78 is 5.22. The Hall–Kier alpha value is -2.12. The number of hydrogen-bond acceptors (Lipinski definition) is 5. The van der Waals surface area contributed by atoms with Crippen LogP contribution in [-0.2, 0) is 6.54 Å². The zero-order chi connectivity index (χ0) is 20.1. The highest BCUT2D eigenvalue weighted by atomic mass is 32.1. The number of amides is 2. The van der Waals surface area contributed by atoms with E-state index in [9.17, 15) is 4.79 Å². The first-order valence-electron chi connectivity index (χ1n) is 10.6. The zero-order valence-electron chi connectivity index (χ0n) is 17.1. The molecule has 1 saturated carbocycles. The highest BCUT2D eigenvalue weighted by Gasteiger charge is 2.24. The third-order valence-electron chi connectivity index (χ3n) is 5.89. The normalized spacial score (nSPS) is 18.6. The first-order valence-corrected chi connectivity index (χ1v) is 11.5. The zero-order valence-corrected chi connectivity index (χ0v) is 17.9. The fourth-order valence-corrected chi connectivity index (χ4v) is 4.94. The Labute approximate surface area is 176 Å². The van der Waals surface area contributed by atoms with E-state index < -0.39 is 0 Å². The van der Waals surface area contributed by atoms with Crippen LogP contribution >= 0.6 is 11.3 Å². The second-order valence-electron chi connectivity index (χ2n) is 7.90. The van der Waals surface area contributed by atoms with E-state index >= 15 is 0 Å². The molecule has 1 aromatic heterocycles. The van der Waals surface area contributed by atoms with Crippen molar-refractivity contribution in [1.82, 2.24) is 20.1 Å². The number of rotatable bonds is 5. The molecular weight excluding hydrogens is 384 g/mol. The van der Waals surface area contributed by atoms with Gasteiger partial charge in [-0.1, -0.05) is 19.3 Å². The maximum atomic E-state index is 12.5. The van der Waals surface area contributed by atoms with Gasteiger partial charge in [0.1, 0.15) is 10.8 Å². The molecular formula is C22H30N4O2S. The summed E-state index contributed by atoms with van der Waals surface area (Å²) in [4.78, 5) is 21.7. The molecule has 2 fully saturated rings. The van der Waals surface area contributed by atoms with E-state index in [0.717, 1.165) is 67.6 Å². The Bertz CT molecular complexity index is 793. The molecule has 4 rings (SSSR count). The van der Waals surface area contributed by atoms with Gasteiger partial charge in [0.2, 0.25) is 0 Å². The number of carbonyl (C=O) groups excluding carboxylic acids is 1. The largest absolute Gasteiger partial charge is 0.497 e. The van der Waals surface area contributed by atoms with Crippen molar-refractivity contribution in [3.8, 4) is 17.0 Å². The number of nitrogens with zero attached hydrogens (tertiary/aromatic N) is 3. The van der Waals surface area contributed by atoms with Crippen LogP contribution in [-0.4, -0.2) is 60.1 Å². The van der Waals surface area contributed by atoms with Crippen molar-refractivity contribution in [2.75, 3.05) is 33.3 Å². The molecule has 2 heterocycles. The molecule has 29 heavy (non-hydrogen) atoms. The van der Waals surface area contributed by atoms with E-state index in [1.807, 2.05) is 29.2 Å². The van der Waals surface area contributed by atoms with Gasteiger partial charge in [-0.2, -0.15) is 0 Å². The molecule has 0 spiro atoms. The van der Waals surface area contributed by atoms with E-state index in [4.69, 9.17) is 9.72 Å². The van der Waals surface area contributed by atoms with Crippen LogP contribution in [0, 0.1) is 0 Å². The van der Waals surface area contributed by atoms with Crippen molar-refractivity contribution in [2.24, 2.45) is 0 Å². The fourth-order valence-electron chi connectivity index (χ4n) is 4.09. The number of piperazine rings is 1. The second kappa shape index (κ2) is 9.59. The van der Waals surface area contributed by atoms with Gasteiger partial charge >= 0.3 is 6.03 Å². The number of aromatic nitrogens is 1. The molecule has 1 aliphatic carbocycles. The molecule has 1 aliphatic heterocycles. The number of nitrogens with one attached hydrogen (secondary N) is 1. The summed E-state index contributed by atoms with van der Waals surface area (Å²) in [5.74, 6) is 0.856. The summed E-state index contributed by atoms with van der Waals surface area (Å²) in [7, 11) is 1.68. The minimum atomic E-state index is 0.118. The Morgan fingerprint density at radius 1 is 1.14 bits per heavy atom. The third-order valence-corrected chi connectivity index (χ3v) is 6.72. The Kier molecular flexibility index (Phi) is 6.67. The van der Waals surface area contributed by atoms with Crippen molar-refractivity contribution in [3.63, 3.8) is 0 Å². The van der Waals surface area contributed by atoms with E-state index in [2.05, 4.69) is 15.6 Å². The molecule has 2 aliphatic rings. The van der Waals surface area contributed by atoms with Gasteiger partial charge in [0.25, 0.3) is 0 Å². The van der Waals surface area contributed by atoms with Crippen molar-refractivity contribution in [1.29, 1.82) is 0 Å². The highest BCUT2D eigenvalue weighted by molar-refractivity contribution is 7.09. The van der Waals surface area contributed by atoms with Crippen LogP contribution in [0.1, 0.15) is 37.1 Å². The lowest BCUT2D eigenvalue weighted by molar-refractivity contribution is 0.132. The van der Waals surface area contributed by atoms with E-state index in [0.29, 0.717) is 6.04 Å². The smallest absolute Gasteiger partial charge is 0.317 e. The van der Waals surface area contributed by atoms with Gasteiger partial charge in [0, 0.05) is 43.2 Å². The first kappa shape index (κ1) is 20.2. The third kappa shape index (κ3) is 5.28. The molecule has 6 nitrogen and oxygen atoms in total. The average Bonchev–Trinajstić information content (AvgIpc) is 3.23. The molecule has 0 radical (unpaired) electrons. The van der Waals surface area contributed by atoms with Crippen LogP contribution in [0.15, 0.2) is 29.6 Å². The molecule has 1 aromatic carbocycles. The molecule has 7 heteroatoms. The number of hydrogen-bond donors (Lipinski definition) is 1. The minimum absolute atomic E-state index is 0.118. The van der Waals surface area contributed by atoms with Crippen LogP contribution in [0.2, 0.25) is 0 Å². The van der Waals surface area contributed by atoms with Crippen molar-refractivity contribution < 1.29 is 9.53 Å². The summed E-state index contributed by atoms with van der Waals surface area (Å²) in [6.45, 7) is 4.22. The maximum Gasteiger partial charge on any atom is 0.317 e. The van der Waals surface area contributed by atoms with Gasteiger partial charge in [0.05, 0.1) is 19.3 Å². The van der Waals surface area contributed by atoms with Gasteiger partial charge in [-0.25, -0.2) is 9.78 Å². The van der Waals surface area contributed by atoms with E-state index in [1.54, 1.807) is 18.4 Å². The fraction of sp³-hybridized carbons (Fsp3) is 0.545. The van der Waals surface area contributed by atoms with Gasteiger partial charge in [0.15, 0.2) is 0 Å². The molecule has 156 valence electrons. The lowest BCUT2D eigenvalue weighted by Gasteiger charge is -2.35. The molecule has 2 aromatic rings. The number of carbonyl (C=O) groups is 1. The lowest BCUT2D eigenvalue weighted by Crippen LogP contribution is -2.53. The Morgan fingerprint density at radius 2 is 1.86 bits per heavy atom. The van der Waals surface area contributed by atoms with Crippen LogP contribution in [0.4, 0.5) is 4.79 Å². The SMILES string of the molecule is COc1ccc(-c2csc(CN3CCN(C(=O)NC4CCCCC4)CC3)n2)cc1. The molecule has 0 unspecified atom stereocenters. The van der Waals surface area contributed by atoms with Gasteiger partial charge in [-0.05, 0) is 37.1 Å². The standard InChI is InChI=1S/C22H30N4O2S/c1-28-19-9-7-17(8-10-19)20-16-29-21(24-20)15-25-11-13-26(14-12-25)22(27)23-18-5-3-2-4-6-18/h7-10,16,18H,2-6,11-15H2,1H3,(H,23,27). The van der Waals surface area contributed by atoms with Gasteiger partial charge in [-0.3, -0.25) is 4.90 Å². The predicted octanol–water partition coefficient (Wildman–Crippen LogP) is 3.98. The van der Waals surface area contributed by atoms with Crippen LogP contribution in [0.5, 0.6) is 5.75 Å². The second-order valence-corrected chi connectivity index (χ2v) is 8.85. The van der Waals surface area contributed by atoms with Crippen LogP contribution in [0.25, 0.3) is 11.3 Å². The van der Waals surface area contributed by atoms with Gasteiger partial charge in [-0.15, -0.1) is 11.3 Å². The number of urea groups is 1. The van der Waals surface area contributed by atoms with E-state index in [1.165, 1.54) is 19.3 Å². The van der Waals surface area contributed by atoms with Crippen molar-refractivity contribution >= 4 is 17.4 Å². The number of ether oxygens (including phenoxy) is 1. The summed E-state index contributed by atoms with van der Waals surface area (Å²) in [6, 6.07) is 8.51. The van der Waals surface area contributed by atoms with Crippen molar-refractivity contribution in [2.45, 2.75) is 44.7 Å². The van der Waals surface area contributed by atoms with Crippen molar-refractivity contribution in [3.05, 3.63) is 34.7 Å². The summed E-state index contributed by atoms with van der Waals surface area (Å²) in [5, 5.41) is 6.47. The minimum Gasteiger partial charge on any atom is -0.497 e. The Balaban J connectivity index is 1.25. The summed E-state index contributed by atoms with van der Waals surface area (Å²) in [5.41, 5.74) is 2.12. The Morgan fingerprint density at radius 3 is 2.55 bits per heavy atom. The highest BCUT2D eigenvalue weighted by Crippen LogP contribution is 2.25. The van der Waals surface area contributed by atoms with Crippen LogP contribution < -0.4 is 10.1 Å². The molecule has 2 amide bonds. The topological polar surface area (TPSA) is 57.7 Å². The number of thiazole rings is 1. The number of methoxy groups -OCH3 is 1. The summed E-state index contributed by atoms with van der Waals surface area (Å²) in [6.07, 6.45) is 6.05. The molecule has 0 bridgehead atoms. The molecule has 0 atom stereocenters. The monoisotopic (exact) mass is 414 g/mol. The molecule has 1 saturated heterocycles. The van der Waals surface area contributed by atoms with Crippen LogP contribution in [0.3, 0.4) is 0 Å². The van der Waals surface area contributed by atoms with E-state index in [-0.39, 0.29) is 6.03 Å². The lowest BCUT2D eigenvalue weighted by atomic mass is 9.96. The summed E-state index contributed by atoms with van der Waals surface area (Å²) >= 11 is 1.70. The van der Waals surface area contributed by atoms with Gasteiger partial charge < -0.3 is 15.0 Å². The maximum absolute atomic E-state index is 12.5.